The molecule has 0 unspecified atom stereocenters. The summed E-state index contributed by atoms with van der Waals surface area (Å²) in [4.78, 5) is -0.109. The minimum atomic E-state index is -3.70. The van der Waals surface area contributed by atoms with E-state index in [0.717, 1.165) is 11.1 Å². The Kier molecular flexibility index (Phi) is 3.87. The number of phenolic OH excluding ortho intramolecular Hbond substituents is 1. The third kappa shape index (κ3) is 3.33. The first kappa shape index (κ1) is 13.6. The minimum Gasteiger partial charge on any atom is -0.507 e. The first-order valence-electron chi connectivity index (χ1n) is 5.82. The molecule has 5 heteroatoms. The van der Waals surface area contributed by atoms with Crippen LogP contribution in [0.1, 0.15) is 11.1 Å². The normalized spacial score (nSPS) is 11.4. The summed E-state index contributed by atoms with van der Waals surface area (Å²) >= 11 is 0. The number of sulfonamides is 1. The highest BCUT2D eigenvalue weighted by Gasteiger charge is 2.17. The van der Waals surface area contributed by atoms with E-state index in [-0.39, 0.29) is 17.2 Å². The van der Waals surface area contributed by atoms with E-state index in [4.69, 9.17) is 0 Å². The van der Waals surface area contributed by atoms with E-state index in [0.29, 0.717) is 0 Å². The average Bonchev–Trinajstić information content (AvgIpc) is 2.37. The van der Waals surface area contributed by atoms with Crippen LogP contribution in [0.15, 0.2) is 53.4 Å². The van der Waals surface area contributed by atoms with E-state index in [1.54, 1.807) is 12.1 Å². The SMILES string of the molecule is Cc1cccc(CNS(=O)(=O)c2ccccc2O)c1. The van der Waals surface area contributed by atoms with Crippen molar-refractivity contribution >= 4 is 10.0 Å². The van der Waals surface area contributed by atoms with Gasteiger partial charge in [-0.1, -0.05) is 42.0 Å². The molecule has 4 nitrogen and oxygen atoms in total. The lowest BCUT2D eigenvalue weighted by atomic mass is 10.1. The van der Waals surface area contributed by atoms with Gasteiger partial charge in [0.2, 0.25) is 10.0 Å². The molecule has 0 atom stereocenters. The molecule has 0 fully saturated rings. The molecule has 0 saturated carbocycles. The van der Waals surface area contributed by atoms with Crippen LogP contribution in [0, 0.1) is 6.92 Å². The number of aryl methyl sites for hydroxylation is 1. The van der Waals surface area contributed by atoms with Crippen LogP contribution in [0.25, 0.3) is 0 Å². The maximum Gasteiger partial charge on any atom is 0.244 e. The Labute approximate surface area is 112 Å². The van der Waals surface area contributed by atoms with Gasteiger partial charge in [0.15, 0.2) is 0 Å². The second-order valence-electron chi connectivity index (χ2n) is 4.28. The molecule has 0 saturated heterocycles. The Hall–Kier alpha value is -1.85. The summed E-state index contributed by atoms with van der Waals surface area (Å²) in [6, 6.07) is 13.4. The lowest BCUT2D eigenvalue weighted by Gasteiger charge is -2.08. The fourth-order valence-electron chi connectivity index (χ4n) is 1.76. The van der Waals surface area contributed by atoms with Crippen LogP contribution < -0.4 is 4.72 Å². The molecule has 0 radical (unpaired) electrons. The highest BCUT2D eigenvalue weighted by molar-refractivity contribution is 7.89. The number of hydrogen-bond acceptors (Lipinski definition) is 3. The van der Waals surface area contributed by atoms with E-state index in [9.17, 15) is 13.5 Å². The maximum atomic E-state index is 12.0. The van der Waals surface area contributed by atoms with Crippen molar-refractivity contribution in [1.82, 2.24) is 4.72 Å². The zero-order valence-corrected chi connectivity index (χ0v) is 11.3. The van der Waals surface area contributed by atoms with Gasteiger partial charge < -0.3 is 5.11 Å². The highest BCUT2D eigenvalue weighted by atomic mass is 32.2. The number of hydrogen-bond donors (Lipinski definition) is 2. The smallest absolute Gasteiger partial charge is 0.244 e. The van der Waals surface area contributed by atoms with Crippen molar-refractivity contribution < 1.29 is 13.5 Å². The molecule has 2 aromatic carbocycles. The molecule has 0 spiro atoms. The van der Waals surface area contributed by atoms with Gasteiger partial charge in [-0.15, -0.1) is 0 Å². The van der Waals surface area contributed by atoms with Crippen molar-refractivity contribution in [3.05, 3.63) is 59.7 Å². The second kappa shape index (κ2) is 5.42. The van der Waals surface area contributed by atoms with Gasteiger partial charge in [-0.25, -0.2) is 13.1 Å². The maximum absolute atomic E-state index is 12.0. The van der Waals surface area contributed by atoms with Crippen molar-refractivity contribution in [1.29, 1.82) is 0 Å². The first-order chi connectivity index (χ1) is 8.99. The van der Waals surface area contributed by atoms with E-state index in [1.165, 1.54) is 12.1 Å². The third-order valence-electron chi connectivity index (χ3n) is 2.70. The lowest BCUT2D eigenvalue weighted by molar-refractivity contribution is 0.458. The summed E-state index contributed by atoms with van der Waals surface area (Å²) in [5.74, 6) is -0.251. The summed E-state index contributed by atoms with van der Waals surface area (Å²) in [5, 5.41) is 9.57. The van der Waals surface area contributed by atoms with Crippen molar-refractivity contribution in [3.8, 4) is 5.75 Å². The molecule has 0 aliphatic heterocycles. The first-order valence-corrected chi connectivity index (χ1v) is 7.30. The molecule has 2 rings (SSSR count). The van der Waals surface area contributed by atoms with E-state index < -0.39 is 10.0 Å². The van der Waals surface area contributed by atoms with Crippen molar-refractivity contribution in [2.45, 2.75) is 18.4 Å². The average molecular weight is 277 g/mol. The number of nitrogens with one attached hydrogen (secondary N) is 1. The molecule has 0 amide bonds. The summed E-state index contributed by atoms with van der Waals surface area (Å²) in [7, 11) is -3.70. The number of benzene rings is 2. The molecule has 100 valence electrons. The van der Waals surface area contributed by atoms with Gasteiger partial charge in [-0.05, 0) is 24.6 Å². The fraction of sp³-hybridized carbons (Fsp3) is 0.143. The number of phenols is 1. The topological polar surface area (TPSA) is 66.4 Å². The molecule has 0 heterocycles. The molecule has 2 N–H and O–H groups in total. The number of para-hydroxylation sites is 1. The van der Waals surface area contributed by atoms with Gasteiger partial charge in [0.1, 0.15) is 10.6 Å². The van der Waals surface area contributed by atoms with Crippen LogP contribution in [-0.4, -0.2) is 13.5 Å². The molecular formula is C14H15NO3S. The zero-order chi connectivity index (χ0) is 13.9. The Balaban J connectivity index is 2.17. The van der Waals surface area contributed by atoms with Crippen molar-refractivity contribution in [3.63, 3.8) is 0 Å². The summed E-state index contributed by atoms with van der Waals surface area (Å²) in [6.07, 6.45) is 0. The molecule has 0 aromatic heterocycles. The Bertz CT molecular complexity index is 681. The van der Waals surface area contributed by atoms with Crippen LogP contribution >= 0.6 is 0 Å². The quantitative estimate of drug-likeness (QED) is 0.900. The molecule has 2 aromatic rings. The molecule has 19 heavy (non-hydrogen) atoms. The van der Waals surface area contributed by atoms with Gasteiger partial charge >= 0.3 is 0 Å². The predicted molar refractivity (Wildman–Crippen MR) is 73.3 cm³/mol. The summed E-state index contributed by atoms with van der Waals surface area (Å²) in [6.45, 7) is 2.14. The van der Waals surface area contributed by atoms with Crippen LogP contribution in [-0.2, 0) is 16.6 Å². The molecule has 0 aliphatic carbocycles. The Morgan fingerprint density at radius 1 is 1.11 bits per heavy atom. The summed E-state index contributed by atoms with van der Waals surface area (Å²) < 4.78 is 26.6. The van der Waals surface area contributed by atoms with E-state index in [2.05, 4.69) is 4.72 Å². The van der Waals surface area contributed by atoms with E-state index >= 15 is 0 Å². The van der Waals surface area contributed by atoms with Crippen molar-refractivity contribution in [2.24, 2.45) is 0 Å². The number of aromatic hydroxyl groups is 1. The zero-order valence-electron chi connectivity index (χ0n) is 10.5. The minimum absolute atomic E-state index is 0.109. The van der Waals surface area contributed by atoms with Crippen molar-refractivity contribution in [2.75, 3.05) is 0 Å². The largest absolute Gasteiger partial charge is 0.507 e. The van der Waals surface area contributed by atoms with E-state index in [1.807, 2.05) is 31.2 Å². The van der Waals surface area contributed by atoms with Gasteiger partial charge in [0.05, 0.1) is 0 Å². The molecule has 0 aliphatic rings. The highest BCUT2D eigenvalue weighted by Crippen LogP contribution is 2.21. The Morgan fingerprint density at radius 3 is 2.53 bits per heavy atom. The third-order valence-corrected chi connectivity index (χ3v) is 4.15. The van der Waals surface area contributed by atoms with Crippen LogP contribution in [0.5, 0.6) is 5.75 Å². The van der Waals surface area contributed by atoms with Gasteiger partial charge in [0.25, 0.3) is 0 Å². The fourth-order valence-corrected chi connectivity index (χ4v) is 2.88. The second-order valence-corrected chi connectivity index (χ2v) is 6.02. The predicted octanol–water partition coefficient (Wildman–Crippen LogP) is 2.18. The van der Waals surface area contributed by atoms with Gasteiger partial charge in [-0.3, -0.25) is 0 Å². The van der Waals surface area contributed by atoms with Gasteiger partial charge in [-0.2, -0.15) is 0 Å². The van der Waals surface area contributed by atoms with Gasteiger partial charge in [0, 0.05) is 6.54 Å². The Morgan fingerprint density at radius 2 is 1.84 bits per heavy atom. The standard InChI is InChI=1S/C14H15NO3S/c1-11-5-4-6-12(9-11)10-15-19(17,18)14-8-3-2-7-13(14)16/h2-9,15-16H,10H2,1H3. The monoisotopic (exact) mass is 277 g/mol. The van der Waals surface area contributed by atoms with Crippen LogP contribution in [0.4, 0.5) is 0 Å². The molecular weight excluding hydrogens is 262 g/mol. The van der Waals surface area contributed by atoms with Crippen LogP contribution in [0.2, 0.25) is 0 Å². The lowest BCUT2D eigenvalue weighted by Crippen LogP contribution is -2.23. The summed E-state index contributed by atoms with van der Waals surface area (Å²) in [5.41, 5.74) is 1.94. The number of rotatable bonds is 4. The molecule has 0 bridgehead atoms. The van der Waals surface area contributed by atoms with Crippen LogP contribution in [0.3, 0.4) is 0 Å².